The van der Waals surface area contributed by atoms with Gasteiger partial charge in [0.1, 0.15) is 0 Å². The van der Waals surface area contributed by atoms with Crippen molar-refractivity contribution in [1.82, 2.24) is 0 Å². The molecule has 12 heterocycles. The van der Waals surface area contributed by atoms with Crippen molar-refractivity contribution in [3.05, 3.63) is 80.5 Å². The lowest BCUT2D eigenvalue weighted by Crippen LogP contribution is -2.23. The van der Waals surface area contributed by atoms with Gasteiger partial charge in [0.25, 0.3) is 0 Å². The summed E-state index contributed by atoms with van der Waals surface area (Å²) in [6.07, 6.45) is 23.3. The maximum atomic E-state index is 6.55. The van der Waals surface area contributed by atoms with E-state index in [1.807, 2.05) is 68.0 Å². The first-order chi connectivity index (χ1) is 41.6. The Bertz CT molecular complexity index is 2690. The van der Waals surface area contributed by atoms with Gasteiger partial charge >= 0.3 is 0 Å². The molecule has 6 aromatic rings. The monoisotopic (exact) mass is 1260 g/mol. The van der Waals surface area contributed by atoms with Crippen LogP contribution in [-0.4, -0.2) is 117 Å². The Hall–Kier alpha value is -2.28. The predicted molar refractivity (Wildman–Crippen MR) is 340 cm³/mol. The van der Waals surface area contributed by atoms with Crippen LogP contribution < -0.4 is 0 Å². The summed E-state index contributed by atoms with van der Waals surface area (Å²) in [6, 6.07) is 14.4. The summed E-state index contributed by atoms with van der Waals surface area (Å²) in [5, 5.41) is 4.49. The zero-order valence-electron chi connectivity index (χ0n) is 48.9. The van der Waals surface area contributed by atoms with Crippen LogP contribution in [0.3, 0.4) is 0 Å². The molecule has 0 saturated carbocycles. The molecule has 6 unspecified atom stereocenters. The third-order valence-electron chi connectivity index (χ3n) is 16.7. The van der Waals surface area contributed by atoms with Crippen molar-refractivity contribution in [2.45, 2.75) is 192 Å². The standard InChI is InChI=1S/C66H86O12S6/c1-7-27-67-55(13-1)73-33-19-45-25-39-79-61(45)63-47(21-35-75-57-15-3-9-29-69-57)41-51(81-63)53-43-49(23-37-77-59-17-5-11-31-71-59)65(83-53)66-50(24-38-78-60-18-6-12-32-72-60)44-54(84-66)52-42-48(22-36-76-58-16-4-10-30-70-58)64(82-52)62-46(26-40-80-62)20-34-74-56-14-2-8-28-68-56/h25-26,39-44,55-60H,1-24,27-38H2. The summed E-state index contributed by atoms with van der Waals surface area (Å²) >= 11 is 11.4. The van der Waals surface area contributed by atoms with Gasteiger partial charge in [0, 0.05) is 88.4 Å². The highest BCUT2D eigenvalue weighted by molar-refractivity contribution is 7.30. The minimum atomic E-state index is -0.155. The maximum absolute atomic E-state index is 6.55. The lowest BCUT2D eigenvalue weighted by molar-refractivity contribution is -0.161. The van der Waals surface area contributed by atoms with E-state index in [-0.39, 0.29) is 37.7 Å². The topological polar surface area (TPSA) is 111 Å². The highest BCUT2D eigenvalue weighted by Gasteiger charge is 2.27. The van der Waals surface area contributed by atoms with Gasteiger partial charge in [-0.25, -0.2) is 0 Å². The molecule has 6 fully saturated rings. The summed E-state index contributed by atoms with van der Waals surface area (Å²) < 4.78 is 74.8. The molecular weight excluding hydrogens is 1180 g/mol. The molecule has 6 aliphatic rings. The molecule has 6 atom stereocenters. The molecule has 12 rings (SSSR count). The Labute approximate surface area is 521 Å². The van der Waals surface area contributed by atoms with Gasteiger partial charge in [-0.3, -0.25) is 0 Å². The van der Waals surface area contributed by atoms with Gasteiger partial charge < -0.3 is 56.8 Å². The number of hydrogen-bond donors (Lipinski definition) is 0. The van der Waals surface area contributed by atoms with E-state index in [2.05, 4.69) is 47.2 Å². The van der Waals surface area contributed by atoms with Crippen LogP contribution in [0, 0.1) is 0 Å². The Morgan fingerprint density at radius 3 is 0.738 bits per heavy atom. The fourth-order valence-corrected chi connectivity index (χ4v) is 19.6. The van der Waals surface area contributed by atoms with E-state index < -0.39 is 0 Å². The van der Waals surface area contributed by atoms with Crippen LogP contribution in [0.2, 0.25) is 0 Å². The third kappa shape index (κ3) is 17.2. The van der Waals surface area contributed by atoms with Gasteiger partial charge in [0.15, 0.2) is 37.7 Å². The van der Waals surface area contributed by atoms with E-state index in [1.165, 1.54) is 82.2 Å². The second-order valence-electron chi connectivity index (χ2n) is 22.9. The lowest BCUT2D eigenvalue weighted by atomic mass is 10.1. The van der Waals surface area contributed by atoms with Crippen molar-refractivity contribution in [3.63, 3.8) is 0 Å². The van der Waals surface area contributed by atoms with Gasteiger partial charge in [-0.2, -0.15) is 0 Å². The van der Waals surface area contributed by atoms with Crippen molar-refractivity contribution in [2.24, 2.45) is 0 Å². The zero-order chi connectivity index (χ0) is 56.5. The molecule has 0 N–H and O–H groups in total. The van der Waals surface area contributed by atoms with Crippen LogP contribution in [0.1, 0.15) is 149 Å². The highest BCUT2D eigenvalue weighted by atomic mass is 32.1. The van der Waals surface area contributed by atoms with Gasteiger partial charge in [-0.15, -0.1) is 68.0 Å². The molecule has 12 nitrogen and oxygen atoms in total. The highest BCUT2D eigenvalue weighted by Crippen LogP contribution is 2.51. The molecule has 6 aliphatic heterocycles. The Morgan fingerprint density at radius 1 is 0.286 bits per heavy atom. The van der Waals surface area contributed by atoms with Crippen molar-refractivity contribution >= 4 is 68.0 Å². The molecule has 84 heavy (non-hydrogen) atoms. The molecule has 0 aliphatic carbocycles. The molecule has 0 spiro atoms. The number of thiophene rings is 6. The van der Waals surface area contributed by atoms with E-state index >= 15 is 0 Å². The van der Waals surface area contributed by atoms with Crippen molar-refractivity contribution in [1.29, 1.82) is 0 Å². The summed E-state index contributed by atoms with van der Waals surface area (Å²) in [5.74, 6) is 0. The second-order valence-corrected chi connectivity index (χ2v) is 29.0. The molecule has 0 bridgehead atoms. The van der Waals surface area contributed by atoms with Crippen LogP contribution in [0.5, 0.6) is 0 Å². The van der Waals surface area contributed by atoms with E-state index in [4.69, 9.17) is 56.8 Å². The third-order valence-corrected chi connectivity index (χ3v) is 24.2. The Balaban J connectivity index is 0.883. The number of rotatable bonds is 29. The average Bonchev–Trinajstić information content (AvgIpc) is 4.59. The lowest BCUT2D eigenvalue weighted by Gasteiger charge is -2.22. The number of ether oxygens (including phenoxy) is 12. The smallest absolute Gasteiger partial charge is 0.157 e. The zero-order valence-corrected chi connectivity index (χ0v) is 53.8. The van der Waals surface area contributed by atoms with Gasteiger partial charge in [-0.05, 0) is 235 Å². The van der Waals surface area contributed by atoms with Crippen molar-refractivity contribution in [2.75, 3.05) is 79.3 Å². The van der Waals surface area contributed by atoms with Crippen LogP contribution in [-0.2, 0) is 95.4 Å². The van der Waals surface area contributed by atoms with E-state index in [1.54, 1.807) is 0 Å². The van der Waals surface area contributed by atoms with Crippen molar-refractivity contribution in [3.8, 4) is 48.8 Å². The van der Waals surface area contributed by atoms with Crippen LogP contribution in [0.4, 0.5) is 0 Å². The quantitative estimate of drug-likeness (QED) is 0.0446. The summed E-state index contributed by atoms with van der Waals surface area (Å²) in [7, 11) is 0. The average molecular weight is 1260 g/mol. The Kier molecular flexibility index (Phi) is 23.9. The minimum absolute atomic E-state index is 0.103. The normalized spacial score (nSPS) is 23.6. The SMILES string of the molecule is c1cc(CCOC2CCCCO2)c(-c2sc(-c3cc(CCOC4CCCCO4)c(-c4sc(-c5cc(CCOC6CCCCO6)c(-c6sccc6CCOC6CCCCO6)s5)cc4CCOC4CCCCO4)s3)cc2CCOC2CCCCO2)s1. The van der Waals surface area contributed by atoms with Crippen molar-refractivity contribution < 1.29 is 56.8 Å². The molecule has 0 amide bonds. The molecule has 6 aromatic heterocycles. The molecule has 0 radical (unpaired) electrons. The maximum Gasteiger partial charge on any atom is 0.157 e. The predicted octanol–water partition coefficient (Wildman–Crippen LogP) is 16.9. The molecule has 6 saturated heterocycles. The van der Waals surface area contributed by atoms with Crippen LogP contribution in [0.25, 0.3) is 48.8 Å². The minimum Gasteiger partial charge on any atom is -0.353 e. The first-order valence-electron chi connectivity index (χ1n) is 31.7. The molecule has 0 aromatic carbocycles. The molecule has 458 valence electrons. The van der Waals surface area contributed by atoms with E-state index in [0.29, 0.717) is 39.6 Å². The van der Waals surface area contributed by atoms with Crippen LogP contribution in [0.15, 0.2) is 47.2 Å². The van der Waals surface area contributed by atoms with Gasteiger partial charge in [0.2, 0.25) is 0 Å². The van der Waals surface area contributed by atoms with E-state index in [0.717, 1.165) is 194 Å². The summed E-state index contributed by atoms with van der Waals surface area (Å²) in [4.78, 5) is 13.0. The van der Waals surface area contributed by atoms with Crippen LogP contribution >= 0.6 is 68.0 Å². The fraction of sp³-hybridized carbons (Fsp3) is 0.636. The Morgan fingerprint density at radius 2 is 0.512 bits per heavy atom. The number of hydrogen-bond acceptors (Lipinski definition) is 18. The molecule has 18 heteroatoms. The molecular formula is C66H86O12S6. The van der Waals surface area contributed by atoms with Gasteiger partial charge in [0.05, 0.1) is 39.6 Å². The second kappa shape index (κ2) is 32.5. The summed E-state index contributed by atoms with van der Waals surface area (Å²) in [5.41, 5.74) is 7.91. The fourth-order valence-electron chi connectivity index (χ4n) is 12.0. The van der Waals surface area contributed by atoms with Gasteiger partial charge in [-0.1, -0.05) is 0 Å². The first-order valence-corrected chi connectivity index (χ1v) is 36.7. The summed E-state index contributed by atoms with van der Waals surface area (Å²) in [6.45, 7) is 8.30. The first kappa shape index (κ1) is 61.9. The largest absolute Gasteiger partial charge is 0.353 e. The van der Waals surface area contributed by atoms with E-state index in [9.17, 15) is 0 Å².